The Morgan fingerprint density at radius 2 is 1.91 bits per heavy atom. The molecule has 32 heavy (non-hydrogen) atoms. The third-order valence-electron chi connectivity index (χ3n) is 5.62. The molecular formula is C26H36N2NaO3. The van der Waals surface area contributed by atoms with Crippen LogP contribution < -0.4 is 5.43 Å². The smallest absolute Gasteiger partial charge is 0.275 e. The molecule has 1 radical (unpaired) electrons. The number of nitrogens with zero attached hydrogens (tertiary/aromatic N) is 1. The molecule has 0 fully saturated rings. The molecular weight excluding hydrogens is 411 g/mol. The Bertz CT molecular complexity index is 929. The molecule has 0 saturated carbocycles. The van der Waals surface area contributed by atoms with Crippen LogP contribution in [0.1, 0.15) is 70.6 Å². The first-order valence-electron chi connectivity index (χ1n) is 11.3. The molecule has 1 aromatic rings. The number of carbonyl (C=O) groups excluding carboxylic acids is 2. The van der Waals surface area contributed by atoms with Crippen LogP contribution in [0, 0.1) is 18.8 Å². The summed E-state index contributed by atoms with van der Waals surface area (Å²) in [5.41, 5.74) is 7.38. The van der Waals surface area contributed by atoms with E-state index in [1.165, 1.54) is 5.56 Å². The summed E-state index contributed by atoms with van der Waals surface area (Å²) in [6, 6.07) is 4.00. The second-order valence-corrected chi connectivity index (χ2v) is 8.82. The molecule has 0 bridgehead atoms. The third kappa shape index (κ3) is 7.72. The zero-order chi connectivity index (χ0) is 23.1. The number of Topliss-reactive ketones (excluding diaryl/α,β-unsaturated/α-hetero) is 1. The van der Waals surface area contributed by atoms with Gasteiger partial charge in [0.15, 0.2) is 5.78 Å². The Morgan fingerprint density at radius 3 is 2.50 bits per heavy atom. The van der Waals surface area contributed by atoms with Crippen molar-refractivity contribution in [2.75, 3.05) is 0 Å². The molecule has 6 heteroatoms. The van der Waals surface area contributed by atoms with Crippen LogP contribution in [0.15, 0.2) is 40.5 Å². The van der Waals surface area contributed by atoms with Crippen LogP contribution in [-0.2, 0) is 22.4 Å². The van der Waals surface area contributed by atoms with Gasteiger partial charge in [0.05, 0.1) is 5.57 Å². The van der Waals surface area contributed by atoms with Gasteiger partial charge in [-0.25, -0.2) is 5.43 Å². The maximum atomic E-state index is 13.1. The molecule has 0 heterocycles. The fraction of sp³-hybridized carbons (Fsp3) is 0.500. The molecule has 2 rings (SSSR count). The number of amides is 1. The van der Waals surface area contributed by atoms with Crippen molar-refractivity contribution < 1.29 is 14.7 Å². The average Bonchev–Trinajstić information content (AvgIpc) is 2.73. The fourth-order valence-electron chi connectivity index (χ4n) is 3.93. The van der Waals surface area contributed by atoms with E-state index in [2.05, 4.69) is 31.3 Å². The summed E-state index contributed by atoms with van der Waals surface area (Å²) < 4.78 is 0. The number of rotatable bonds is 9. The molecule has 169 valence electrons. The van der Waals surface area contributed by atoms with E-state index in [1.54, 1.807) is 6.08 Å². The van der Waals surface area contributed by atoms with E-state index < -0.39 is 5.91 Å². The summed E-state index contributed by atoms with van der Waals surface area (Å²) in [6.45, 7) is 12.0. The molecule has 1 atom stereocenters. The maximum Gasteiger partial charge on any atom is 0.275 e. The number of hydrogen-bond donors (Lipinski definition) is 2. The van der Waals surface area contributed by atoms with Crippen LogP contribution in [0.25, 0.3) is 0 Å². The van der Waals surface area contributed by atoms with Gasteiger partial charge in [-0.1, -0.05) is 51.5 Å². The normalized spacial score (nSPS) is 16.4. The Labute approximate surface area is 214 Å². The first-order valence-corrected chi connectivity index (χ1v) is 11.3. The van der Waals surface area contributed by atoms with Gasteiger partial charge < -0.3 is 5.11 Å². The molecule has 5 nitrogen and oxygen atoms in total. The number of phenolic OH excluding ortho intramolecular Hbond substituents is 1. The number of phenols is 1. The summed E-state index contributed by atoms with van der Waals surface area (Å²) >= 11 is 0. The van der Waals surface area contributed by atoms with E-state index in [9.17, 15) is 14.7 Å². The van der Waals surface area contributed by atoms with Crippen LogP contribution in [0.4, 0.5) is 0 Å². The quantitative estimate of drug-likeness (QED) is 0.247. The van der Waals surface area contributed by atoms with Crippen LogP contribution in [0.3, 0.4) is 0 Å². The van der Waals surface area contributed by atoms with Crippen molar-refractivity contribution in [3.63, 3.8) is 0 Å². The van der Waals surface area contributed by atoms with E-state index >= 15 is 0 Å². The number of allylic oxidation sites excluding steroid dienone is 3. The van der Waals surface area contributed by atoms with Crippen LogP contribution in [0.2, 0.25) is 0 Å². The van der Waals surface area contributed by atoms with Crippen molar-refractivity contribution in [1.29, 1.82) is 0 Å². The van der Waals surface area contributed by atoms with Gasteiger partial charge in [0, 0.05) is 41.2 Å². The number of ketones is 1. The Kier molecular flexibility index (Phi) is 11.6. The Morgan fingerprint density at radius 1 is 1.22 bits per heavy atom. The molecule has 2 N–H and O–H groups in total. The van der Waals surface area contributed by atoms with Crippen molar-refractivity contribution in [1.82, 2.24) is 5.43 Å². The van der Waals surface area contributed by atoms with Crippen molar-refractivity contribution in [2.45, 2.75) is 73.6 Å². The minimum atomic E-state index is -0.455. The van der Waals surface area contributed by atoms with E-state index in [0.29, 0.717) is 24.5 Å². The monoisotopic (exact) mass is 447 g/mol. The largest absolute Gasteiger partial charge is 0.507 e. The molecule has 0 aliphatic heterocycles. The van der Waals surface area contributed by atoms with Gasteiger partial charge in [-0.05, 0) is 74.6 Å². The fourth-order valence-corrected chi connectivity index (χ4v) is 3.93. The van der Waals surface area contributed by atoms with Crippen molar-refractivity contribution in [3.8, 4) is 5.75 Å². The minimum Gasteiger partial charge on any atom is -0.507 e. The SMILES string of the molecule is CCC1=CC(CCc2cc(CC)cc(C)c2O)C(=O)C(C(=O)NN=C(C)CC(C)C)=C1.[Na]. The van der Waals surface area contributed by atoms with E-state index in [0.717, 1.165) is 41.7 Å². The van der Waals surface area contributed by atoms with Gasteiger partial charge in [0.1, 0.15) is 5.75 Å². The molecule has 0 spiro atoms. The zero-order valence-corrected chi connectivity index (χ0v) is 22.7. The number of aromatic hydroxyl groups is 1. The van der Waals surface area contributed by atoms with Crippen molar-refractivity contribution in [3.05, 3.63) is 52.1 Å². The number of hydrogen-bond acceptors (Lipinski definition) is 4. The molecule has 0 saturated heterocycles. The third-order valence-corrected chi connectivity index (χ3v) is 5.62. The van der Waals surface area contributed by atoms with Gasteiger partial charge in [0.2, 0.25) is 0 Å². The van der Waals surface area contributed by atoms with E-state index in [-0.39, 0.29) is 46.8 Å². The average molecular weight is 448 g/mol. The molecule has 0 aromatic heterocycles. The standard InChI is InChI=1S/C26H36N2O3.Na/c1-7-19-12-17(5)24(29)21(13-19)9-10-22-14-20(8-2)15-23(25(22)30)26(31)28-27-18(6)11-16(3)4;/h12-16,22,29H,7-11H2,1-6H3,(H,28,31);. The second-order valence-electron chi connectivity index (χ2n) is 8.82. The number of nitrogens with one attached hydrogen (secondary N) is 1. The number of carbonyl (C=O) groups is 2. The maximum absolute atomic E-state index is 13.1. The molecule has 1 unspecified atom stereocenters. The van der Waals surface area contributed by atoms with Crippen molar-refractivity contribution >= 4 is 47.0 Å². The second kappa shape index (κ2) is 13.1. The van der Waals surface area contributed by atoms with Gasteiger partial charge in [-0.15, -0.1) is 0 Å². The topological polar surface area (TPSA) is 78.8 Å². The summed E-state index contributed by atoms with van der Waals surface area (Å²) in [5, 5.41) is 14.6. The Balaban J connectivity index is 0.00000512. The summed E-state index contributed by atoms with van der Waals surface area (Å²) in [6.07, 6.45) is 7.18. The summed E-state index contributed by atoms with van der Waals surface area (Å²) in [7, 11) is 0. The predicted molar refractivity (Wildman–Crippen MR) is 132 cm³/mol. The zero-order valence-electron chi connectivity index (χ0n) is 20.7. The van der Waals surface area contributed by atoms with Crippen molar-refractivity contribution in [2.24, 2.45) is 16.9 Å². The first-order chi connectivity index (χ1) is 14.7. The molecule has 1 amide bonds. The van der Waals surface area contributed by atoms with Crippen LogP contribution in [0.5, 0.6) is 5.75 Å². The number of benzene rings is 1. The predicted octanol–water partition coefficient (Wildman–Crippen LogP) is 4.81. The Hall–Kier alpha value is -1.69. The van der Waals surface area contributed by atoms with Gasteiger partial charge in [0.25, 0.3) is 5.91 Å². The molecule has 1 aliphatic carbocycles. The van der Waals surface area contributed by atoms with E-state index in [1.807, 2.05) is 39.0 Å². The van der Waals surface area contributed by atoms with Gasteiger partial charge >= 0.3 is 0 Å². The van der Waals surface area contributed by atoms with E-state index in [4.69, 9.17) is 0 Å². The molecule has 1 aliphatic rings. The van der Waals surface area contributed by atoms with Crippen LogP contribution in [-0.4, -0.2) is 52.1 Å². The van der Waals surface area contributed by atoms with Gasteiger partial charge in [-0.2, -0.15) is 5.10 Å². The molecule has 1 aromatic carbocycles. The first kappa shape index (κ1) is 28.3. The summed E-state index contributed by atoms with van der Waals surface area (Å²) in [5.74, 6) is -0.283. The number of aryl methyl sites for hydroxylation is 3. The van der Waals surface area contributed by atoms with Gasteiger partial charge in [-0.3, -0.25) is 9.59 Å². The minimum absolute atomic E-state index is 0. The summed E-state index contributed by atoms with van der Waals surface area (Å²) in [4.78, 5) is 25.8. The number of hydrazone groups is 1. The van der Waals surface area contributed by atoms with Crippen LogP contribution >= 0.6 is 0 Å².